The Labute approximate surface area is 129 Å². The third kappa shape index (κ3) is 2.57. The van der Waals surface area contributed by atoms with Crippen molar-refractivity contribution in [2.24, 2.45) is 0 Å². The van der Waals surface area contributed by atoms with Crippen LogP contribution in [0, 0.1) is 0 Å². The van der Waals surface area contributed by atoms with E-state index in [2.05, 4.69) is 10.1 Å². The summed E-state index contributed by atoms with van der Waals surface area (Å²) in [6, 6.07) is 6.89. The molecule has 5 nitrogen and oxygen atoms in total. The van der Waals surface area contributed by atoms with Gasteiger partial charge in [0, 0.05) is 22.4 Å². The fraction of sp³-hybridized carbons (Fsp3) is 0.0714. The Morgan fingerprint density at radius 1 is 1.29 bits per heavy atom. The number of halogens is 2. The second-order valence-electron chi connectivity index (χ2n) is 4.44. The lowest BCUT2D eigenvalue weighted by atomic mass is 10.2. The Kier molecular flexibility index (Phi) is 3.53. The molecule has 0 atom stereocenters. The van der Waals surface area contributed by atoms with Crippen LogP contribution in [-0.2, 0) is 6.54 Å². The van der Waals surface area contributed by atoms with Gasteiger partial charge in [-0.3, -0.25) is 9.67 Å². The predicted octanol–water partition coefficient (Wildman–Crippen LogP) is 3.48. The van der Waals surface area contributed by atoms with Crippen molar-refractivity contribution in [1.29, 1.82) is 0 Å². The van der Waals surface area contributed by atoms with Crippen LogP contribution in [0.5, 0.6) is 0 Å². The summed E-state index contributed by atoms with van der Waals surface area (Å²) < 4.78 is 1.59. The van der Waals surface area contributed by atoms with E-state index in [4.69, 9.17) is 23.2 Å². The maximum absolute atomic E-state index is 11.2. The summed E-state index contributed by atoms with van der Waals surface area (Å²) in [5.74, 6) is -1.09. The molecule has 2 aromatic heterocycles. The molecule has 2 heterocycles. The summed E-state index contributed by atoms with van der Waals surface area (Å²) in [7, 11) is 0. The summed E-state index contributed by atoms with van der Waals surface area (Å²) in [6.07, 6.45) is 3.08. The molecule has 0 bridgehead atoms. The van der Waals surface area contributed by atoms with Crippen LogP contribution in [0.15, 0.2) is 36.7 Å². The third-order valence-corrected chi connectivity index (χ3v) is 3.68. The predicted molar refractivity (Wildman–Crippen MR) is 80.1 cm³/mol. The monoisotopic (exact) mass is 321 g/mol. The largest absolute Gasteiger partial charge is 0.476 e. The minimum atomic E-state index is -1.09. The number of benzene rings is 1. The molecule has 0 amide bonds. The molecule has 0 fully saturated rings. The first kappa shape index (κ1) is 13.9. The molecule has 7 heteroatoms. The number of fused-ring (bicyclic) bond motifs is 1. The van der Waals surface area contributed by atoms with E-state index in [0.717, 1.165) is 5.56 Å². The standard InChI is InChI=1S/C14H9Cl2N3O2/c15-9-2-1-8(11(16)5-9)7-19-12-3-4-17-6-10(12)13(18-19)14(20)21/h1-6H,7H2,(H,20,21). The van der Waals surface area contributed by atoms with Gasteiger partial charge in [-0.05, 0) is 23.8 Å². The summed E-state index contributed by atoms with van der Waals surface area (Å²) in [4.78, 5) is 15.2. The van der Waals surface area contributed by atoms with Crippen molar-refractivity contribution in [2.75, 3.05) is 0 Å². The Bertz CT molecular complexity index is 845. The van der Waals surface area contributed by atoms with E-state index in [9.17, 15) is 9.90 Å². The van der Waals surface area contributed by atoms with Gasteiger partial charge in [-0.25, -0.2) is 4.79 Å². The Morgan fingerprint density at radius 3 is 2.81 bits per heavy atom. The zero-order chi connectivity index (χ0) is 15.0. The van der Waals surface area contributed by atoms with Gasteiger partial charge in [-0.1, -0.05) is 29.3 Å². The van der Waals surface area contributed by atoms with Crippen LogP contribution in [0.1, 0.15) is 16.1 Å². The lowest BCUT2D eigenvalue weighted by Gasteiger charge is -2.06. The first-order chi connectivity index (χ1) is 10.1. The van der Waals surface area contributed by atoms with Crippen molar-refractivity contribution in [3.8, 4) is 0 Å². The van der Waals surface area contributed by atoms with E-state index < -0.39 is 5.97 Å². The van der Waals surface area contributed by atoms with E-state index in [1.165, 1.54) is 6.20 Å². The van der Waals surface area contributed by atoms with Crippen molar-refractivity contribution < 1.29 is 9.90 Å². The van der Waals surface area contributed by atoms with Crippen LogP contribution in [-0.4, -0.2) is 25.8 Å². The van der Waals surface area contributed by atoms with E-state index in [1.54, 1.807) is 35.1 Å². The number of hydrogen-bond donors (Lipinski definition) is 1. The Hall–Kier alpha value is -2.11. The fourth-order valence-electron chi connectivity index (χ4n) is 2.11. The first-order valence-electron chi connectivity index (χ1n) is 6.04. The Balaban J connectivity index is 2.10. The molecule has 21 heavy (non-hydrogen) atoms. The zero-order valence-electron chi connectivity index (χ0n) is 10.6. The highest BCUT2D eigenvalue weighted by Gasteiger charge is 2.17. The van der Waals surface area contributed by atoms with Crippen molar-refractivity contribution in [1.82, 2.24) is 14.8 Å². The lowest BCUT2D eigenvalue weighted by Crippen LogP contribution is -2.05. The van der Waals surface area contributed by atoms with Crippen molar-refractivity contribution in [3.63, 3.8) is 0 Å². The number of pyridine rings is 1. The van der Waals surface area contributed by atoms with Gasteiger partial charge in [0.25, 0.3) is 0 Å². The first-order valence-corrected chi connectivity index (χ1v) is 6.79. The van der Waals surface area contributed by atoms with Crippen molar-refractivity contribution >= 4 is 40.1 Å². The number of aromatic nitrogens is 3. The van der Waals surface area contributed by atoms with Crippen LogP contribution in [0.4, 0.5) is 0 Å². The molecule has 1 aromatic carbocycles. The maximum atomic E-state index is 11.2. The summed E-state index contributed by atoms with van der Waals surface area (Å²) in [5, 5.41) is 14.9. The molecule has 0 saturated heterocycles. The average Bonchev–Trinajstić information content (AvgIpc) is 2.81. The smallest absolute Gasteiger partial charge is 0.357 e. The summed E-state index contributed by atoms with van der Waals surface area (Å²) >= 11 is 12.0. The average molecular weight is 322 g/mol. The van der Waals surface area contributed by atoms with Crippen LogP contribution < -0.4 is 0 Å². The fourth-order valence-corrected chi connectivity index (χ4v) is 2.58. The van der Waals surface area contributed by atoms with Crippen LogP contribution in [0.2, 0.25) is 10.0 Å². The van der Waals surface area contributed by atoms with Crippen LogP contribution >= 0.6 is 23.2 Å². The quantitative estimate of drug-likeness (QED) is 0.801. The van der Waals surface area contributed by atoms with E-state index in [0.29, 0.717) is 27.5 Å². The van der Waals surface area contributed by atoms with Crippen molar-refractivity contribution in [2.45, 2.75) is 6.54 Å². The summed E-state index contributed by atoms with van der Waals surface area (Å²) in [5.41, 5.74) is 1.47. The Morgan fingerprint density at radius 2 is 2.10 bits per heavy atom. The van der Waals surface area contributed by atoms with E-state index in [1.807, 2.05) is 0 Å². The number of rotatable bonds is 3. The molecular formula is C14H9Cl2N3O2. The molecule has 0 aliphatic heterocycles. The molecule has 3 rings (SSSR count). The third-order valence-electron chi connectivity index (χ3n) is 3.09. The van der Waals surface area contributed by atoms with Gasteiger partial charge in [0.1, 0.15) is 0 Å². The normalized spacial score (nSPS) is 11.0. The van der Waals surface area contributed by atoms with Gasteiger partial charge < -0.3 is 5.11 Å². The van der Waals surface area contributed by atoms with Crippen LogP contribution in [0.3, 0.4) is 0 Å². The van der Waals surface area contributed by atoms with Crippen LogP contribution in [0.25, 0.3) is 10.9 Å². The van der Waals surface area contributed by atoms with Gasteiger partial charge in [-0.15, -0.1) is 0 Å². The van der Waals surface area contributed by atoms with Gasteiger partial charge in [0.15, 0.2) is 5.69 Å². The SMILES string of the molecule is O=C(O)c1nn(Cc2ccc(Cl)cc2Cl)c2ccncc12. The van der Waals surface area contributed by atoms with Crippen molar-refractivity contribution in [3.05, 3.63) is 58.0 Å². The lowest BCUT2D eigenvalue weighted by molar-refractivity contribution is 0.0691. The number of aromatic carboxylic acids is 1. The molecule has 0 spiro atoms. The highest BCUT2D eigenvalue weighted by atomic mass is 35.5. The zero-order valence-corrected chi connectivity index (χ0v) is 12.1. The topological polar surface area (TPSA) is 68.0 Å². The van der Waals surface area contributed by atoms with E-state index in [-0.39, 0.29) is 5.69 Å². The summed E-state index contributed by atoms with van der Waals surface area (Å²) in [6.45, 7) is 0.351. The van der Waals surface area contributed by atoms with Gasteiger partial charge in [-0.2, -0.15) is 5.10 Å². The second kappa shape index (κ2) is 5.35. The van der Waals surface area contributed by atoms with E-state index >= 15 is 0 Å². The van der Waals surface area contributed by atoms with Gasteiger partial charge in [0.2, 0.25) is 0 Å². The number of nitrogens with zero attached hydrogens (tertiary/aromatic N) is 3. The van der Waals surface area contributed by atoms with Gasteiger partial charge in [0.05, 0.1) is 17.4 Å². The molecular weight excluding hydrogens is 313 g/mol. The highest BCUT2D eigenvalue weighted by molar-refractivity contribution is 6.35. The van der Waals surface area contributed by atoms with Gasteiger partial charge >= 0.3 is 5.97 Å². The number of carboxylic acids is 1. The maximum Gasteiger partial charge on any atom is 0.357 e. The molecule has 0 aliphatic carbocycles. The minimum Gasteiger partial charge on any atom is -0.476 e. The highest BCUT2D eigenvalue weighted by Crippen LogP contribution is 2.24. The molecule has 0 radical (unpaired) electrons. The molecule has 3 aromatic rings. The minimum absolute atomic E-state index is 0.0248. The molecule has 0 aliphatic rings. The molecule has 1 N–H and O–H groups in total. The number of hydrogen-bond acceptors (Lipinski definition) is 3. The number of carbonyl (C=O) groups is 1. The molecule has 106 valence electrons. The molecule has 0 unspecified atom stereocenters. The number of carboxylic acid groups (broad SMARTS) is 1. The second-order valence-corrected chi connectivity index (χ2v) is 5.28. The molecule has 0 saturated carbocycles.